The Labute approximate surface area is 148 Å². The molecule has 0 atom stereocenters. The molecule has 0 radical (unpaired) electrons. The zero-order valence-electron chi connectivity index (χ0n) is 12.8. The molecule has 7 heteroatoms. The van der Waals surface area contributed by atoms with Crippen LogP contribution in [0.4, 0.5) is 0 Å². The highest BCUT2D eigenvalue weighted by Crippen LogP contribution is 2.34. The minimum Gasteiger partial charge on any atom is -0.298 e. The molecular weight excluding hydrogens is 351 g/mol. The summed E-state index contributed by atoms with van der Waals surface area (Å²) in [7, 11) is 1.77. The van der Waals surface area contributed by atoms with Crippen LogP contribution in [0.15, 0.2) is 30.6 Å². The molecule has 1 saturated carbocycles. The molecule has 0 unspecified atom stereocenters. The molecule has 5 nitrogen and oxygen atoms in total. The monoisotopic (exact) mass is 364 g/mol. The van der Waals surface area contributed by atoms with Gasteiger partial charge in [-0.3, -0.25) is 19.1 Å². The van der Waals surface area contributed by atoms with Crippen molar-refractivity contribution in [3.63, 3.8) is 0 Å². The second-order valence-electron chi connectivity index (χ2n) is 5.91. The maximum absolute atomic E-state index is 12.6. The molecule has 0 aliphatic heterocycles. The molecule has 0 amide bonds. The quantitative estimate of drug-likeness (QED) is 0.619. The summed E-state index contributed by atoms with van der Waals surface area (Å²) in [5.41, 5.74) is 0.974. The lowest BCUT2D eigenvalue weighted by molar-refractivity contribution is -0.133. The normalized spacial score (nSPS) is 21.1. The van der Waals surface area contributed by atoms with Crippen molar-refractivity contribution in [2.24, 2.45) is 13.0 Å². The van der Waals surface area contributed by atoms with Crippen LogP contribution in [0, 0.1) is 5.92 Å². The first-order chi connectivity index (χ1) is 11.4. The zero-order chi connectivity index (χ0) is 17.4. The average Bonchev–Trinajstić information content (AvgIpc) is 2.93. The molecule has 24 heavy (non-hydrogen) atoms. The fraction of sp³-hybridized carbons (Fsp3) is 0.294. The van der Waals surface area contributed by atoms with Crippen molar-refractivity contribution < 1.29 is 14.4 Å². The second kappa shape index (κ2) is 6.49. The lowest BCUT2D eigenvalue weighted by Crippen LogP contribution is -2.38. The zero-order valence-corrected chi connectivity index (χ0v) is 14.3. The lowest BCUT2D eigenvalue weighted by atomic mass is 9.75. The minimum absolute atomic E-state index is 0.138. The highest BCUT2D eigenvalue weighted by Gasteiger charge is 2.41. The second-order valence-corrected chi connectivity index (χ2v) is 6.75. The van der Waals surface area contributed by atoms with E-state index in [9.17, 15) is 14.4 Å². The molecule has 2 aromatic rings. The van der Waals surface area contributed by atoms with Crippen LogP contribution in [0.2, 0.25) is 10.0 Å². The Hall–Kier alpha value is -1.98. The first kappa shape index (κ1) is 16.9. The Morgan fingerprint density at radius 1 is 1.21 bits per heavy atom. The van der Waals surface area contributed by atoms with Crippen LogP contribution in [0.25, 0.3) is 0 Å². The summed E-state index contributed by atoms with van der Waals surface area (Å²) in [6.45, 7) is 0. The fourth-order valence-corrected chi connectivity index (χ4v) is 3.50. The Kier molecular flexibility index (Phi) is 4.56. The van der Waals surface area contributed by atoms with Crippen LogP contribution in [-0.4, -0.2) is 27.1 Å². The number of halogens is 2. The van der Waals surface area contributed by atoms with Crippen LogP contribution >= 0.6 is 23.2 Å². The standard InChI is InChI=1S/C17H14Cl2N2O3/c1-21-8-10(7-20-21)9-4-14(22)16(15(23)5-9)17(24)12-3-2-11(18)6-13(12)19/h2-3,6-9,16H,4-5H2,1H3. The van der Waals surface area contributed by atoms with E-state index in [2.05, 4.69) is 5.10 Å². The van der Waals surface area contributed by atoms with E-state index >= 15 is 0 Å². The SMILES string of the molecule is Cn1cc(C2CC(=O)C(C(=O)c3ccc(Cl)cc3Cl)C(=O)C2)cn1. The highest BCUT2D eigenvalue weighted by atomic mass is 35.5. The number of benzene rings is 1. The Morgan fingerprint density at radius 3 is 2.42 bits per heavy atom. The Morgan fingerprint density at radius 2 is 1.88 bits per heavy atom. The maximum atomic E-state index is 12.6. The van der Waals surface area contributed by atoms with Crippen LogP contribution in [-0.2, 0) is 16.6 Å². The van der Waals surface area contributed by atoms with Gasteiger partial charge in [-0.15, -0.1) is 0 Å². The third-order valence-electron chi connectivity index (χ3n) is 4.19. The molecule has 0 N–H and O–H groups in total. The summed E-state index contributed by atoms with van der Waals surface area (Å²) in [6, 6.07) is 4.38. The van der Waals surface area contributed by atoms with Gasteiger partial charge >= 0.3 is 0 Å². The molecule has 1 fully saturated rings. The van der Waals surface area contributed by atoms with Crippen LogP contribution in [0.5, 0.6) is 0 Å². The molecule has 1 aliphatic carbocycles. The molecule has 3 rings (SSSR count). The number of Topliss-reactive ketones (excluding diaryl/α,β-unsaturated/α-hetero) is 3. The number of nitrogens with zero attached hydrogens (tertiary/aromatic N) is 2. The topological polar surface area (TPSA) is 69.0 Å². The number of carbonyl (C=O) groups excluding carboxylic acids is 3. The Bertz CT molecular complexity index is 826. The maximum Gasteiger partial charge on any atom is 0.182 e. The molecule has 0 saturated heterocycles. The van der Waals surface area contributed by atoms with Gasteiger partial charge in [0.05, 0.1) is 11.2 Å². The minimum atomic E-state index is -1.28. The summed E-state index contributed by atoms with van der Waals surface area (Å²) in [5, 5.41) is 4.59. The summed E-state index contributed by atoms with van der Waals surface area (Å²) < 4.78 is 1.62. The molecule has 124 valence electrons. The van der Waals surface area contributed by atoms with E-state index in [1.165, 1.54) is 18.2 Å². The van der Waals surface area contributed by atoms with Gasteiger partial charge in [-0.2, -0.15) is 5.10 Å². The molecule has 1 aliphatic rings. The van der Waals surface area contributed by atoms with Crippen molar-refractivity contribution in [1.82, 2.24) is 9.78 Å². The number of aromatic nitrogens is 2. The lowest BCUT2D eigenvalue weighted by Gasteiger charge is -2.25. The predicted octanol–water partition coefficient (Wildman–Crippen LogP) is 3.24. The number of aryl methyl sites for hydroxylation is 1. The van der Waals surface area contributed by atoms with E-state index in [0.29, 0.717) is 5.02 Å². The van der Waals surface area contributed by atoms with Crippen LogP contribution < -0.4 is 0 Å². The van der Waals surface area contributed by atoms with Gasteiger partial charge in [0, 0.05) is 42.6 Å². The van der Waals surface area contributed by atoms with E-state index in [1.807, 2.05) is 0 Å². The van der Waals surface area contributed by atoms with E-state index < -0.39 is 11.7 Å². The predicted molar refractivity (Wildman–Crippen MR) is 89.5 cm³/mol. The fourth-order valence-electron chi connectivity index (χ4n) is 3.00. The number of hydrogen-bond acceptors (Lipinski definition) is 4. The summed E-state index contributed by atoms with van der Waals surface area (Å²) in [4.78, 5) is 37.5. The smallest absolute Gasteiger partial charge is 0.182 e. The summed E-state index contributed by atoms with van der Waals surface area (Å²) in [5.74, 6) is -2.83. The van der Waals surface area contributed by atoms with Crippen LogP contribution in [0.1, 0.15) is 34.7 Å². The van der Waals surface area contributed by atoms with E-state index in [4.69, 9.17) is 23.2 Å². The van der Waals surface area contributed by atoms with E-state index in [0.717, 1.165) is 5.56 Å². The molecular formula is C17H14Cl2N2O3. The number of rotatable bonds is 3. The van der Waals surface area contributed by atoms with E-state index in [1.54, 1.807) is 24.1 Å². The number of ketones is 3. The van der Waals surface area contributed by atoms with Gasteiger partial charge in [0.2, 0.25) is 0 Å². The van der Waals surface area contributed by atoms with Crippen molar-refractivity contribution in [2.45, 2.75) is 18.8 Å². The first-order valence-corrected chi connectivity index (χ1v) is 8.15. The van der Waals surface area contributed by atoms with Crippen LogP contribution in [0.3, 0.4) is 0 Å². The largest absolute Gasteiger partial charge is 0.298 e. The summed E-state index contributed by atoms with van der Waals surface area (Å²) >= 11 is 11.8. The van der Waals surface area contributed by atoms with E-state index in [-0.39, 0.29) is 40.9 Å². The van der Waals surface area contributed by atoms with Crippen molar-refractivity contribution in [1.29, 1.82) is 0 Å². The molecule has 1 aromatic carbocycles. The van der Waals surface area contributed by atoms with Crippen molar-refractivity contribution in [3.05, 3.63) is 51.8 Å². The Balaban J connectivity index is 1.84. The van der Waals surface area contributed by atoms with Crippen molar-refractivity contribution in [2.75, 3.05) is 0 Å². The molecule has 1 aromatic heterocycles. The van der Waals surface area contributed by atoms with Gasteiger partial charge in [0.1, 0.15) is 5.92 Å². The summed E-state index contributed by atoms with van der Waals surface area (Å²) in [6.07, 6.45) is 3.70. The molecule has 0 bridgehead atoms. The highest BCUT2D eigenvalue weighted by molar-refractivity contribution is 6.38. The van der Waals surface area contributed by atoms with Gasteiger partial charge in [-0.1, -0.05) is 23.2 Å². The number of hydrogen-bond donors (Lipinski definition) is 0. The van der Waals surface area contributed by atoms with Gasteiger partial charge < -0.3 is 0 Å². The van der Waals surface area contributed by atoms with Gasteiger partial charge in [0.15, 0.2) is 17.3 Å². The van der Waals surface area contributed by atoms with Crippen molar-refractivity contribution in [3.8, 4) is 0 Å². The third kappa shape index (κ3) is 3.14. The average molecular weight is 365 g/mol. The molecule has 1 heterocycles. The molecule has 0 spiro atoms. The first-order valence-electron chi connectivity index (χ1n) is 7.40. The van der Waals surface area contributed by atoms with Gasteiger partial charge in [-0.05, 0) is 23.8 Å². The van der Waals surface area contributed by atoms with Gasteiger partial charge in [0.25, 0.3) is 0 Å². The number of carbonyl (C=O) groups is 3. The van der Waals surface area contributed by atoms with Crippen molar-refractivity contribution >= 4 is 40.6 Å². The third-order valence-corrected chi connectivity index (χ3v) is 4.74. The van der Waals surface area contributed by atoms with Gasteiger partial charge in [-0.25, -0.2) is 0 Å².